The van der Waals surface area contributed by atoms with Crippen LogP contribution in [0.3, 0.4) is 0 Å². The molecular weight excluding hydrogens is 528 g/mol. The van der Waals surface area contributed by atoms with Gasteiger partial charge in [0.15, 0.2) is 0 Å². The third-order valence-corrected chi connectivity index (χ3v) is 8.25. The maximum absolute atomic E-state index is 6.36. The first-order valence-electron chi connectivity index (χ1n) is 14.3. The minimum absolute atomic E-state index is 0.816. The van der Waals surface area contributed by atoms with Crippen molar-refractivity contribution in [3.8, 4) is 11.3 Å². The molecule has 5 nitrogen and oxygen atoms in total. The molecule has 5 heteroatoms. The lowest BCUT2D eigenvalue weighted by atomic mass is 10.0. The quantitative estimate of drug-likeness (QED) is 0.204. The number of anilines is 3. The lowest BCUT2D eigenvalue weighted by molar-refractivity contribution is 0.670. The van der Waals surface area contributed by atoms with Crippen molar-refractivity contribution >= 4 is 66.5 Å². The summed E-state index contributed by atoms with van der Waals surface area (Å²) in [6.45, 7) is 0. The first-order chi connectivity index (χ1) is 21.3. The predicted molar refractivity (Wildman–Crippen MR) is 175 cm³/mol. The van der Waals surface area contributed by atoms with Crippen molar-refractivity contribution < 1.29 is 4.42 Å². The van der Waals surface area contributed by atoms with Gasteiger partial charge in [0.25, 0.3) is 0 Å². The zero-order valence-corrected chi connectivity index (χ0v) is 23.1. The van der Waals surface area contributed by atoms with Gasteiger partial charge in [0.1, 0.15) is 22.6 Å². The highest BCUT2D eigenvalue weighted by atomic mass is 16.3. The summed E-state index contributed by atoms with van der Waals surface area (Å²) < 4.78 is 8.53. The summed E-state index contributed by atoms with van der Waals surface area (Å²) in [5.74, 6) is 0.816. The minimum Gasteiger partial charge on any atom is -0.455 e. The molecule has 0 atom stereocenters. The lowest BCUT2D eigenvalue weighted by Gasteiger charge is -2.25. The Balaban J connectivity index is 1.26. The molecule has 0 saturated heterocycles. The Morgan fingerprint density at radius 1 is 0.581 bits per heavy atom. The van der Waals surface area contributed by atoms with Gasteiger partial charge in [0.05, 0.1) is 11.2 Å². The lowest BCUT2D eigenvalue weighted by Crippen LogP contribution is -2.12. The van der Waals surface area contributed by atoms with E-state index in [0.29, 0.717) is 0 Å². The Kier molecular flexibility index (Phi) is 5.13. The number of aromatic nitrogens is 3. The molecule has 5 aromatic carbocycles. The normalized spacial score (nSPS) is 11.7. The maximum atomic E-state index is 6.36. The van der Waals surface area contributed by atoms with E-state index in [1.807, 2.05) is 36.7 Å². The molecule has 0 saturated carbocycles. The van der Waals surface area contributed by atoms with Gasteiger partial charge in [0, 0.05) is 50.9 Å². The molecule has 0 fully saturated rings. The second-order valence-corrected chi connectivity index (χ2v) is 10.7. The van der Waals surface area contributed by atoms with Crippen molar-refractivity contribution in [2.45, 2.75) is 0 Å². The zero-order valence-electron chi connectivity index (χ0n) is 23.1. The number of hydrogen-bond acceptors (Lipinski definition) is 4. The van der Waals surface area contributed by atoms with Gasteiger partial charge in [-0.1, -0.05) is 78.9 Å². The minimum atomic E-state index is 0.816. The van der Waals surface area contributed by atoms with Crippen LogP contribution in [0.4, 0.5) is 17.2 Å². The van der Waals surface area contributed by atoms with Crippen LogP contribution in [0.5, 0.6) is 0 Å². The second kappa shape index (κ2) is 9.29. The largest absolute Gasteiger partial charge is 0.455 e. The summed E-state index contributed by atoms with van der Waals surface area (Å²) in [5.41, 5.74) is 7.64. The molecule has 0 spiro atoms. The summed E-state index contributed by atoms with van der Waals surface area (Å²) >= 11 is 0. The number of furan rings is 1. The van der Waals surface area contributed by atoms with E-state index >= 15 is 0 Å². The zero-order chi connectivity index (χ0) is 28.3. The highest BCUT2D eigenvalue weighted by Crippen LogP contribution is 2.40. The standard InChI is InChI=1S/C38H24N4O/c1-2-10-25(11-3-1)42(26-20-21-27-28-12-4-6-17-34(28)41-23-22-39-38(41)32(27)24-26)36-19-9-16-33(40-36)31-15-8-14-30-29-13-5-7-18-35(29)43-37(30)31/h1-24H. The average molecular weight is 553 g/mol. The highest BCUT2D eigenvalue weighted by Gasteiger charge is 2.19. The van der Waals surface area contributed by atoms with Crippen LogP contribution in [-0.4, -0.2) is 14.4 Å². The van der Waals surface area contributed by atoms with E-state index in [1.165, 1.54) is 10.8 Å². The Labute approximate surface area is 246 Å². The van der Waals surface area contributed by atoms with Crippen LogP contribution in [0.2, 0.25) is 0 Å². The number of hydrogen-bond donors (Lipinski definition) is 0. The van der Waals surface area contributed by atoms with Crippen molar-refractivity contribution in [1.29, 1.82) is 0 Å². The van der Waals surface area contributed by atoms with Gasteiger partial charge >= 0.3 is 0 Å². The number of imidazole rings is 1. The molecule has 4 aromatic heterocycles. The Morgan fingerprint density at radius 3 is 2.30 bits per heavy atom. The van der Waals surface area contributed by atoms with Gasteiger partial charge in [0.2, 0.25) is 0 Å². The Morgan fingerprint density at radius 2 is 1.37 bits per heavy atom. The first kappa shape index (κ1) is 23.7. The molecule has 43 heavy (non-hydrogen) atoms. The molecule has 0 bridgehead atoms. The molecule has 202 valence electrons. The molecule has 0 unspecified atom stereocenters. The van der Waals surface area contributed by atoms with E-state index in [0.717, 1.165) is 66.9 Å². The summed E-state index contributed by atoms with van der Waals surface area (Å²) in [6.07, 6.45) is 3.90. The van der Waals surface area contributed by atoms with E-state index in [9.17, 15) is 0 Å². The molecule has 0 radical (unpaired) electrons. The number of rotatable bonds is 4. The topological polar surface area (TPSA) is 46.6 Å². The molecule has 0 aliphatic rings. The van der Waals surface area contributed by atoms with Gasteiger partial charge in [-0.15, -0.1) is 0 Å². The molecular formula is C38H24N4O. The van der Waals surface area contributed by atoms with Crippen molar-refractivity contribution in [3.05, 3.63) is 146 Å². The number of nitrogens with zero attached hydrogens (tertiary/aromatic N) is 4. The molecule has 0 amide bonds. The van der Waals surface area contributed by atoms with Crippen LogP contribution in [0.25, 0.3) is 60.5 Å². The van der Waals surface area contributed by atoms with Crippen LogP contribution < -0.4 is 4.90 Å². The van der Waals surface area contributed by atoms with Crippen molar-refractivity contribution in [3.63, 3.8) is 0 Å². The fraction of sp³-hybridized carbons (Fsp3) is 0. The van der Waals surface area contributed by atoms with Gasteiger partial charge in [-0.2, -0.15) is 0 Å². The number of pyridine rings is 2. The van der Waals surface area contributed by atoms with Crippen LogP contribution in [0.1, 0.15) is 0 Å². The summed E-state index contributed by atoms with van der Waals surface area (Å²) in [6, 6.07) is 46.1. The van der Waals surface area contributed by atoms with Gasteiger partial charge in [-0.25, -0.2) is 9.97 Å². The van der Waals surface area contributed by atoms with Gasteiger partial charge in [-0.05, 0) is 60.0 Å². The van der Waals surface area contributed by atoms with E-state index in [1.54, 1.807) is 0 Å². The van der Waals surface area contributed by atoms with Crippen LogP contribution in [-0.2, 0) is 0 Å². The molecule has 0 N–H and O–H groups in total. The third-order valence-electron chi connectivity index (χ3n) is 8.25. The van der Waals surface area contributed by atoms with Crippen molar-refractivity contribution in [1.82, 2.24) is 14.4 Å². The molecule has 4 heterocycles. The summed E-state index contributed by atoms with van der Waals surface area (Å²) in [5, 5.41) is 5.65. The van der Waals surface area contributed by atoms with Gasteiger partial charge < -0.3 is 4.42 Å². The van der Waals surface area contributed by atoms with Crippen LogP contribution >= 0.6 is 0 Å². The molecule has 0 aliphatic heterocycles. The predicted octanol–water partition coefficient (Wildman–Crippen LogP) is 10.1. The van der Waals surface area contributed by atoms with E-state index in [2.05, 4.69) is 118 Å². The van der Waals surface area contributed by atoms with Crippen LogP contribution in [0, 0.1) is 0 Å². The smallest absolute Gasteiger partial charge is 0.145 e. The van der Waals surface area contributed by atoms with E-state index in [4.69, 9.17) is 14.4 Å². The Hall–Kier alpha value is -5.94. The van der Waals surface area contributed by atoms with E-state index < -0.39 is 0 Å². The van der Waals surface area contributed by atoms with Crippen LogP contribution in [0.15, 0.2) is 150 Å². The summed E-state index contributed by atoms with van der Waals surface area (Å²) in [7, 11) is 0. The molecule has 9 rings (SSSR count). The SMILES string of the molecule is c1ccc(N(c2ccc3c4ccccc4n4ccnc4c3c2)c2cccc(-c3cccc4c3oc3ccccc34)n2)cc1. The average Bonchev–Trinajstić information content (AvgIpc) is 3.72. The highest BCUT2D eigenvalue weighted by molar-refractivity contribution is 6.13. The van der Waals surface area contributed by atoms with Crippen molar-refractivity contribution in [2.24, 2.45) is 0 Å². The number of benzene rings is 5. The summed E-state index contributed by atoms with van der Waals surface area (Å²) in [4.78, 5) is 12.2. The van der Waals surface area contributed by atoms with E-state index in [-0.39, 0.29) is 0 Å². The second-order valence-electron chi connectivity index (χ2n) is 10.7. The fourth-order valence-corrected chi connectivity index (χ4v) is 6.34. The maximum Gasteiger partial charge on any atom is 0.145 e. The Bertz CT molecular complexity index is 2470. The molecule has 0 aliphatic carbocycles. The number of fused-ring (bicyclic) bond motifs is 9. The third kappa shape index (κ3) is 3.65. The first-order valence-corrected chi connectivity index (χ1v) is 14.3. The fourth-order valence-electron chi connectivity index (χ4n) is 6.34. The monoisotopic (exact) mass is 552 g/mol. The van der Waals surface area contributed by atoms with Gasteiger partial charge in [-0.3, -0.25) is 9.30 Å². The molecule has 9 aromatic rings. The number of para-hydroxylation sites is 4. The van der Waals surface area contributed by atoms with Crippen molar-refractivity contribution in [2.75, 3.05) is 4.90 Å².